The third kappa shape index (κ3) is 5.10. The van der Waals surface area contributed by atoms with Crippen LogP contribution in [0, 0.1) is 5.82 Å². The Kier molecular flexibility index (Phi) is 7.25. The molecule has 188 valence electrons. The first-order valence-corrected chi connectivity index (χ1v) is 12.7. The largest absolute Gasteiger partial charge is 0.388 e. The summed E-state index contributed by atoms with van der Waals surface area (Å²) in [7, 11) is 4.14. The third-order valence-electron chi connectivity index (χ3n) is 7.23. The highest BCUT2D eigenvalue weighted by Crippen LogP contribution is 2.31. The van der Waals surface area contributed by atoms with Gasteiger partial charge in [-0.25, -0.2) is 14.4 Å². The van der Waals surface area contributed by atoms with E-state index < -0.39 is 0 Å². The van der Waals surface area contributed by atoms with Crippen LogP contribution in [0.1, 0.15) is 36.7 Å². The van der Waals surface area contributed by atoms with Gasteiger partial charge in [-0.2, -0.15) is 5.10 Å². The average molecular weight is 488 g/mol. The van der Waals surface area contributed by atoms with Gasteiger partial charge < -0.3 is 5.32 Å². The number of hydrogen-bond donors (Lipinski definition) is 2. The summed E-state index contributed by atoms with van der Waals surface area (Å²) >= 11 is 0. The predicted molar refractivity (Wildman–Crippen MR) is 142 cm³/mol. The van der Waals surface area contributed by atoms with E-state index in [1.54, 1.807) is 12.1 Å². The van der Waals surface area contributed by atoms with Crippen LogP contribution in [0.5, 0.6) is 0 Å². The number of hydrogen-bond acceptors (Lipinski definition) is 6. The molecule has 1 saturated heterocycles. The van der Waals surface area contributed by atoms with E-state index in [4.69, 9.17) is 0 Å². The number of halogens is 1. The van der Waals surface area contributed by atoms with E-state index in [1.807, 2.05) is 38.5 Å². The number of benzene rings is 2. The lowest BCUT2D eigenvalue weighted by molar-refractivity contribution is 0.106. The Morgan fingerprint density at radius 2 is 1.97 bits per heavy atom. The summed E-state index contributed by atoms with van der Waals surface area (Å²) in [6.07, 6.45) is 6.76. The Balaban J connectivity index is 1.35. The minimum absolute atomic E-state index is 0.120. The van der Waals surface area contributed by atoms with E-state index in [1.165, 1.54) is 5.56 Å². The maximum Gasteiger partial charge on any atom is 0.127 e. The Labute approximate surface area is 211 Å². The van der Waals surface area contributed by atoms with Gasteiger partial charge in [0.25, 0.3) is 0 Å². The summed E-state index contributed by atoms with van der Waals surface area (Å²) in [4.78, 5) is 13.7. The van der Waals surface area contributed by atoms with Crippen LogP contribution in [0.2, 0.25) is 0 Å². The molecule has 36 heavy (non-hydrogen) atoms. The normalized spacial score (nSPS) is 16.6. The molecule has 1 fully saturated rings. The molecular formula is C28H34FN7. The standard InChI is InChI=1S/C28H34FN7/c1-4-27-31-14-21(15-32-27)28-23-12-20(25(30-2)13-26(23)33-34-28)16-35(3)22-9-7-11-36(18-22)17-19-8-5-6-10-24(19)29/h5-6,8,10,12-15,22,30H,4,7,9,11,16-18H2,1-3H3,(H,33,34)/t22-/m1/s1. The van der Waals surface area contributed by atoms with Crippen molar-refractivity contribution < 1.29 is 4.39 Å². The highest BCUT2D eigenvalue weighted by atomic mass is 19.1. The van der Waals surface area contributed by atoms with Gasteiger partial charge in [0.05, 0.1) is 5.52 Å². The van der Waals surface area contributed by atoms with Gasteiger partial charge in [-0.1, -0.05) is 25.1 Å². The highest BCUT2D eigenvalue weighted by molar-refractivity contribution is 5.95. The summed E-state index contributed by atoms with van der Waals surface area (Å²) in [6, 6.07) is 11.9. The van der Waals surface area contributed by atoms with Crippen LogP contribution in [-0.2, 0) is 19.5 Å². The van der Waals surface area contributed by atoms with E-state index in [0.717, 1.165) is 78.1 Å². The second-order valence-electron chi connectivity index (χ2n) is 9.66. The zero-order valence-corrected chi connectivity index (χ0v) is 21.3. The minimum atomic E-state index is -0.120. The van der Waals surface area contributed by atoms with Crippen molar-refractivity contribution in [1.82, 2.24) is 30.0 Å². The number of anilines is 1. The fourth-order valence-electron chi connectivity index (χ4n) is 5.15. The molecule has 0 radical (unpaired) electrons. The van der Waals surface area contributed by atoms with E-state index in [9.17, 15) is 4.39 Å². The number of likely N-dealkylation sites (N-methyl/N-ethyl adjacent to an activating group) is 1. The summed E-state index contributed by atoms with van der Waals surface area (Å²) in [5, 5.41) is 12.2. The van der Waals surface area contributed by atoms with Crippen LogP contribution >= 0.6 is 0 Å². The van der Waals surface area contributed by atoms with Crippen LogP contribution in [0.3, 0.4) is 0 Å². The molecule has 2 aromatic heterocycles. The maximum atomic E-state index is 14.2. The van der Waals surface area contributed by atoms with Gasteiger partial charge in [0.15, 0.2) is 0 Å². The van der Waals surface area contributed by atoms with Gasteiger partial charge in [-0.05, 0) is 50.2 Å². The molecule has 0 spiro atoms. The average Bonchev–Trinajstić information content (AvgIpc) is 3.32. The number of aromatic nitrogens is 4. The molecule has 3 heterocycles. The number of nitrogens with one attached hydrogen (secondary N) is 2. The molecule has 4 aromatic rings. The SMILES string of the molecule is CCc1ncc(-c2n[nH]c3cc(NC)c(CN(C)[C@@H]4CCCN(Cc5ccccc5F)C4)cc23)cn1. The van der Waals surface area contributed by atoms with Crippen molar-refractivity contribution in [3.8, 4) is 11.3 Å². The van der Waals surface area contributed by atoms with Gasteiger partial charge in [-0.3, -0.25) is 14.9 Å². The number of H-pyrrole nitrogens is 1. The van der Waals surface area contributed by atoms with Gasteiger partial charge in [-0.15, -0.1) is 0 Å². The van der Waals surface area contributed by atoms with Crippen LogP contribution in [0.4, 0.5) is 10.1 Å². The first-order valence-electron chi connectivity index (χ1n) is 12.7. The number of likely N-dealkylation sites (tertiary alicyclic amines) is 1. The monoisotopic (exact) mass is 487 g/mol. The number of piperidine rings is 1. The zero-order valence-electron chi connectivity index (χ0n) is 21.3. The molecule has 1 aliphatic heterocycles. The topological polar surface area (TPSA) is 73.0 Å². The number of aryl methyl sites for hydroxylation is 1. The summed E-state index contributed by atoms with van der Waals surface area (Å²) in [5.74, 6) is 0.709. The number of nitrogens with zero attached hydrogens (tertiary/aromatic N) is 5. The second-order valence-corrected chi connectivity index (χ2v) is 9.66. The second kappa shape index (κ2) is 10.7. The molecule has 1 atom stereocenters. The molecule has 0 saturated carbocycles. The van der Waals surface area contributed by atoms with Crippen LogP contribution in [0.25, 0.3) is 22.2 Å². The zero-order chi connectivity index (χ0) is 25.1. The Bertz CT molecular complexity index is 1320. The molecule has 8 heteroatoms. The van der Waals surface area contributed by atoms with Gasteiger partial charge in [0, 0.05) is 73.7 Å². The molecule has 1 aliphatic rings. The Morgan fingerprint density at radius 1 is 1.17 bits per heavy atom. The Hall–Kier alpha value is -3.36. The third-order valence-corrected chi connectivity index (χ3v) is 7.23. The number of rotatable bonds is 8. The quantitative estimate of drug-likeness (QED) is 0.370. The lowest BCUT2D eigenvalue weighted by Gasteiger charge is -2.38. The molecule has 5 rings (SSSR count). The van der Waals surface area contributed by atoms with Gasteiger partial charge in [0.1, 0.15) is 17.3 Å². The van der Waals surface area contributed by atoms with Crippen molar-refractivity contribution in [3.05, 3.63) is 71.6 Å². The van der Waals surface area contributed by atoms with E-state index in [2.05, 4.69) is 54.5 Å². The van der Waals surface area contributed by atoms with Crippen LogP contribution in [0.15, 0.2) is 48.8 Å². The molecule has 2 N–H and O–H groups in total. The smallest absolute Gasteiger partial charge is 0.127 e. The lowest BCUT2D eigenvalue weighted by Crippen LogP contribution is -2.45. The molecule has 2 aromatic carbocycles. The van der Waals surface area contributed by atoms with E-state index >= 15 is 0 Å². The molecular weight excluding hydrogens is 453 g/mol. The van der Waals surface area contributed by atoms with Crippen LogP contribution < -0.4 is 5.32 Å². The minimum Gasteiger partial charge on any atom is -0.388 e. The first-order chi connectivity index (χ1) is 17.6. The van der Waals surface area contributed by atoms with Crippen molar-refractivity contribution in [2.45, 2.75) is 45.3 Å². The lowest BCUT2D eigenvalue weighted by atomic mass is 10.0. The van der Waals surface area contributed by atoms with Crippen molar-refractivity contribution in [1.29, 1.82) is 0 Å². The van der Waals surface area contributed by atoms with Crippen molar-refractivity contribution in [2.24, 2.45) is 0 Å². The molecule has 0 unspecified atom stereocenters. The van der Waals surface area contributed by atoms with Gasteiger partial charge in [0.2, 0.25) is 0 Å². The van der Waals surface area contributed by atoms with Gasteiger partial charge >= 0.3 is 0 Å². The maximum absolute atomic E-state index is 14.2. The van der Waals surface area contributed by atoms with E-state index in [0.29, 0.717) is 12.6 Å². The molecule has 7 nitrogen and oxygen atoms in total. The van der Waals surface area contributed by atoms with Crippen molar-refractivity contribution in [2.75, 3.05) is 32.5 Å². The van der Waals surface area contributed by atoms with Crippen LogP contribution in [-0.4, -0.2) is 63.2 Å². The van der Waals surface area contributed by atoms with Crippen molar-refractivity contribution in [3.63, 3.8) is 0 Å². The molecule has 0 aliphatic carbocycles. The first kappa shape index (κ1) is 24.3. The fourth-order valence-corrected chi connectivity index (χ4v) is 5.15. The molecule has 0 amide bonds. The number of aromatic amines is 1. The summed E-state index contributed by atoms with van der Waals surface area (Å²) < 4.78 is 14.2. The predicted octanol–water partition coefficient (Wildman–Crippen LogP) is 4.86. The molecule has 0 bridgehead atoms. The van der Waals surface area contributed by atoms with Crippen molar-refractivity contribution >= 4 is 16.6 Å². The highest BCUT2D eigenvalue weighted by Gasteiger charge is 2.25. The summed E-state index contributed by atoms with van der Waals surface area (Å²) in [5.41, 5.74) is 5.83. The fraction of sp³-hybridized carbons (Fsp3) is 0.393. The number of fused-ring (bicyclic) bond motifs is 1. The summed E-state index contributed by atoms with van der Waals surface area (Å²) in [6.45, 7) is 5.44. The van der Waals surface area contributed by atoms with E-state index in [-0.39, 0.29) is 5.82 Å². The Morgan fingerprint density at radius 3 is 2.72 bits per heavy atom.